The Hall–Kier alpha value is -3.82. The van der Waals surface area contributed by atoms with Crippen LogP contribution in [0.5, 0.6) is 0 Å². The van der Waals surface area contributed by atoms with Crippen molar-refractivity contribution in [3.8, 4) is 0 Å². The van der Waals surface area contributed by atoms with E-state index in [1.54, 1.807) is 48.5 Å². The summed E-state index contributed by atoms with van der Waals surface area (Å²) in [4.78, 5) is 25.6. The van der Waals surface area contributed by atoms with E-state index in [0.717, 1.165) is 6.42 Å². The fraction of sp³-hybridized carbons (Fsp3) is 0.290. The Labute approximate surface area is 227 Å². The van der Waals surface area contributed by atoms with Crippen LogP contribution < -0.4 is 0 Å². The van der Waals surface area contributed by atoms with Gasteiger partial charge in [-0.1, -0.05) is 72.8 Å². The summed E-state index contributed by atoms with van der Waals surface area (Å²) in [6, 6.07) is 26.5. The topological polar surface area (TPSA) is 89.5 Å². The maximum atomic E-state index is 13.0. The van der Waals surface area contributed by atoms with E-state index in [9.17, 15) is 9.59 Å². The van der Waals surface area contributed by atoms with Crippen LogP contribution in [0.1, 0.15) is 39.1 Å². The van der Waals surface area contributed by atoms with Gasteiger partial charge >= 0.3 is 17.9 Å². The number of benzene rings is 3. The maximum absolute atomic E-state index is 13.0. The fourth-order valence-corrected chi connectivity index (χ4v) is 4.49. The van der Waals surface area contributed by atoms with Crippen LogP contribution in [0.15, 0.2) is 104 Å². The zero-order chi connectivity index (χ0) is 27.1. The van der Waals surface area contributed by atoms with E-state index < -0.39 is 42.5 Å². The predicted octanol–water partition coefficient (Wildman–Crippen LogP) is 5.00. The summed E-state index contributed by atoms with van der Waals surface area (Å²) in [7, 11) is 0. The van der Waals surface area contributed by atoms with Gasteiger partial charge in [-0.2, -0.15) is 0 Å². The number of esters is 2. The molecule has 2 heterocycles. The lowest BCUT2D eigenvalue weighted by molar-refractivity contribution is -0.376. The first-order chi connectivity index (χ1) is 19.1. The van der Waals surface area contributed by atoms with E-state index in [-0.39, 0.29) is 6.61 Å². The van der Waals surface area contributed by atoms with Crippen LogP contribution in [0.4, 0.5) is 0 Å². The highest BCUT2D eigenvalue weighted by molar-refractivity contribution is 5.90. The molecule has 2 fully saturated rings. The van der Waals surface area contributed by atoms with Crippen LogP contribution in [0.3, 0.4) is 0 Å². The molecule has 0 amide bonds. The number of fused-ring (bicyclic) bond motifs is 1. The van der Waals surface area contributed by atoms with E-state index >= 15 is 0 Å². The first-order valence-corrected chi connectivity index (χ1v) is 12.9. The third-order valence-corrected chi connectivity index (χ3v) is 6.44. The summed E-state index contributed by atoms with van der Waals surface area (Å²) in [6.45, 7) is 3.92. The molecule has 202 valence electrons. The molecule has 2 aliphatic heterocycles. The van der Waals surface area contributed by atoms with Crippen molar-refractivity contribution in [2.24, 2.45) is 0 Å². The zero-order valence-electron chi connectivity index (χ0n) is 21.3. The molecule has 2 aliphatic rings. The van der Waals surface area contributed by atoms with E-state index in [2.05, 4.69) is 6.58 Å². The molecule has 2 saturated heterocycles. The molecule has 3 aromatic rings. The first-order valence-electron chi connectivity index (χ1n) is 12.9. The normalized spacial score (nSPS) is 25.5. The van der Waals surface area contributed by atoms with Gasteiger partial charge in [-0.15, -0.1) is 6.58 Å². The van der Waals surface area contributed by atoms with Crippen LogP contribution in [-0.2, 0) is 34.4 Å². The van der Waals surface area contributed by atoms with Crippen molar-refractivity contribution in [3.63, 3.8) is 0 Å². The molecule has 0 radical (unpaired) electrons. The monoisotopic (exact) mass is 530 g/mol. The van der Waals surface area contributed by atoms with Crippen LogP contribution in [0.25, 0.3) is 0 Å². The quantitative estimate of drug-likeness (QED) is 0.194. The Morgan fingerprint density at radius 2 is 1.46 bits per heavy atom. The SMILES string of the molecule is C=CCCCOC1(c2ccccc2)OC2OC(COC(=O)c3ccccc3)C(OC(=O)c3ccccc3)C2O1. The maximum Gasteiger partial charge on any atom is 0.338 e. The minimum absolute atomic E-state index is 0.168. The standard InChI is InChI=1S/C31H30O8/c1-2-3-13-20-35-31(24-18-11-6-12-19-24)38-27-26(37-29(33)23-16-9-5-10-17-23)25(36-30(27)39-31)21-34-28(32)22-14-7-4-8-15-22/h2,4-12,14-19,25-27,30H,1,3,13,20-21H2. The number of unbranched alkanes of at least 4 members (excludes halogenated alkanes) is 1. The average Bonchev–Trinajstić information content (AvgIpc) is 3.50. The second-order valence-electron chi connectivity index (χ2n) is 9.15. The van der Waals surface area contributed by atoms with Crippen LogP contribution in [-0.4, -0.2) is 49.8 Å². The highest BCUT2D eigenvalue weighted by atomic mass is 16.9. The van der Waals surface area contributed by atoms with Gasteiger partial charge in [-0.3, -0.25) is 4.74 Å². The van der Waals surface area contributed by atoms with Gasteiger partial charge in [0.1, 0.15) is 12.7 Å². The van der Waals surface area contributed by atoms with E-state index in [1.807, 2.05) is 48.5 Å². The van der Waals surface area contributed by atoms with Crippen LogP contribution in [0, 0.1) is 0 Å². The van der Waals surface area contributed by atoms with Crippen molar-refractivity contribution in [3.05, 3.63) is 120 Å². The van der Waals surface area contributed by atoms with Crippen molar-refractivity contribution < 1.29 is 38.0 Å². The summed E-state index contributed by atoms with van der Waals surface area (Å²) in [5.74, 6) is -2.63. The molecule has 5 rings (SSSR count). The van der Waals surface area contributed by atoms with Gasteiger partial charge in [0.2, 0.25) is 0 Å². The summed E-state index contributed by atoms with van der Waals surface area (Å²) in [6.07, 6.45) is -0.237. The van der Waals surface area contributed by atoms with Crippen molar-refractivity contribution in [1.82, 2.24) is 0 Å². The molecule has 0 bridgehead atoms. The number of hydrogen-bond donors (Lipinski definition) is 0. The minimum atomic E-state index is -1.55. The Bertz CT molecular complexity index is 1250. The number of carbonyl (C=O) groups excluding carboxylic acids is 2. The molecule has 5 unspecified atom stereocenters. The molecular formula is C31H30O8. The molecule has 3 aromatic carbocycles. The highest BCUT2D eigenvalue weighted by Gasteiger charge is 2.61. The van der Waals surface area contributed by atoms with Gasteiger partial charge in [0, 0.05) is 5.56 Å². The van der Waals surface area contributed by atoms with E-state index in [4.69, 9.17) is 28.4 Å². The molecule has 5 atom stereocenters. The molecule has 8 nitrogen and oxygen atoms in total. The lowest BCUT2D eigenvalue weighted by atomic mass is 10.1. The third-order valence-electron chi connectivity index (χ3n) is 6.44. The third kappa shape index (κ3) is 6.10. The molecule has 0 spiro atoms. The van der Waals surface area contributed by atoms with E-state index in [1.165, 1.54) is 0 Å². The largest absolute Gasteiger partial charge is 0.459 e. The summed E-state index contributed by atoms with van der Waals surface area (Å²) >= 11 is 0. The number of rotatable bonds is 11. The molecule has 0 aromatic heterocycles. The van der Waals surface area contributed by atoms with Crippen molar-refractivity contribution in [2.75, 3.05) is 13.2 Å². The summed E-state index contributed by atoms with van der Waals surface area (Å²) < 4.78 is 36.3. The Morgan fingerprint density at radius 3 is 2.10 bits per heavy atom. The summed E-state index contributed by atoms with van der Waals surface area (Å²) in [5, 5.41) is 0. The Kier molecular flexibility index (Phi) is 8.48. The second-order valence-corrected chi connectivity index (χ2v) is 9.15. The Balaban J connectivity index is 1.36. The van der Waals surface area contributed by atoms with Crippen LogP contribution in [0.2, 0.25) is 0 Å². The molecule has 0 saturated carbocycles. The summed E-state index contributed by atoms with van der Waals surface area (Å²) in [5.41, 5.74) is 1.41. The van der Waals surface area contributed by atoms with Crippen molar-refractivity contribution in [1.29, 1.82) is 0 Å². The number of allylic oxidation sites excluding steroid dienone is 1. The zero-order valence-corrected chi connectivity index (χ0v) is 21.3. The second kappa shape index (κ2) is 12.4. The first kappa shape index (κ1) is 26.8. The Morgan fingerprint density at radius 1 is 0.846 bits per heavy atom. The fourth-order valence-electron chi connectivity index (χ4n) is 4.49. The molecule has 8 heteroatoms. The van der Waals surface area contributed by atoms with Gasteiger partial charge in [0.25, 0.3) is 0 Å². The van der Waals surface area contributed by atoms with Gasteiger partial charge in [-0.25, -0.2) is 9.59 Å². The van der Waals surface area contributed by atoms with Crippen molar-refractivity contribution in [2.45, 2.75) is 43.4 Å². The van der Waals surface area contributed by atoms with Gasteiger partial charge in [0.05, 0.1) is 17.7 Å². The molecule has 0 N–H and O–H groups in total. The molecular weight excluding hydrogens is 500 g/mol. The predicted molar refractivity (Wildman–Crippen MR) is 140 cm³/mol. The lowest BCUT2D eigenvalue weighted by Crippen LogP contribution is -2.42. The molecule has 39 heavy (non-hydrogen) atoms. The smallest absolute Gasteiger partial charge is 0.338 e. The van der Waals surface area contributed by atoms with Crippen LogP contribution >= 0.6 is 0 Å². The average molecular weight is 531 g/mol. The van der Waals surface area contributed by atoms with Crippen molar-refractivity contribution >= 4 is 11.9 Å². The van der Waals surface area contributed by atoms with Gasteiger partial charge < -0.3 is 23.7 Å². The molecule has 0 aliphatic carbocycles. The highest BCUT2D eigenvalue weighted by Crippen LogP contribution is 2.45. The van der Waals surface area contributed by atoms with Gasteiger partial charge in [0.15, 0.2) is 18.5 Å². The number of ether oxygens (including phenoxy) is 6. The minimum Gasteiger partial charge on any atom is -0.459 e. The van der Waals surface area contributed by atoms with E-state index in [0.29, 0.717) is 29.7 Å². The number of carbonyl (C=O) groups is 2. The lowest BCUT2D eigenvalue weighted by Gasteiger charge is -2.31. The number of hydrogen-bond acceptors (Lipinski definition) is 8. The van der Waals surface area contributed by atoms with Gasteiger partial charge in [-0.05, 0) is 37.1 Å².